The first kappa shape index (κ1) is 30.3. The maximum absolute atomic E-state index is 13.0. The molecule has 0 aliphatic heterocycles. The number of nitrogens with one attached hydrogen (secondary N) is 3. The van der Waals surface area contributed by atoms with Crippen LogP contribution in [0.3, 0.4) is 0 Å². The molecular weight excluding hydrogens is 432 g/mol. The molecule has 0 fully saturated rings. The average Bonchev–Trinajstić information content (AvgIpc) is 2.73. The number of carboxylic acid groups (broad SMARTS) is 1. The quantitative estimate of drug-likeness (QED) is 0.131. The van der Waals surface area contributed by atoms with E-state index in [1.165, 1.54) is 0 Å². The van der Waals surface area contributed by atoms with Gasteiger partial charge in [-0.15, -0.1) is 0 Å². The standard InChI is InChI=1S/C21H40N6O6/c1-5-12(4)17(27-18(29)13(23)8-6-7-9-22)20(31)26-16(11(2)3)19(30)25-14(21(32)33)10-15(24)28/h11-14,16-17H,5-10,22-23H2,1-4H3,(H2,24,28)(H,25,30)(H,26,31)(H,27,29)(H,32,33). The molecule has 0 spiro atoms. The number of primary amides is 1. The van der Waals surface area contributed by atoms with Crippen molar-refractivity contribution in [1.82, 2.24) is 16.0 Å². The Morgan fingerprint density at radius 2 is 1.42 bits per heavy atom. The van der Waals surface area contributed by atoms with Crippen molar-refractivity contribution in [2.75, 3.05) is 6.54 Å². The lowest BCUT2D eigenvalue weighted by Gasteiger charge is -2.29. The maximum Gasteiger partial charge on any atom is 0.326 e. The van der Waals surface area contributed by atoms with Gasteiger partial charge in [-0.25, -0.2) is 4.79 Å². The molecule has 190 valence electrons. The molecule has 5 unspecified atom stereocenters. The van der Waals surface area contributed by atoms with Gasteiger partial charge in [-0.05, 0) is 31.2 Å². The normalized spacial score (nSPS) is 15.6. The first-order valence-electron chi connectivity index (χ1n) is 11.2. The van der Waals surface area contributed by atoms with E-state index in [9.17, 15) is 29.1 Å². The smallest absolute Gasteiger partial charge is 0.326 e. The Kier molecular flexibility index (Phi) is 13.9. The van der Waals surface area contributed by atoms with Gasteiger partial charge in [0.1, 0.15) is 18.1 Å². The fourth-order valence-corrected chi connectivity index (χ4v) is 3.04. The zero-order chi connectivity index (χ0) is 25.7. The van der Waals surface area contributed by atoms with Gasteiger partial charge in [-0.3, -0.25) is 19.2 Å². The fraction of sp³-hybridized carbons (Fsp3) is 0.762. The molecule has 12 heteroatoms. The first-order valence-corrected chi connectivity index (χ1v) is 11.2. The number of aliphatic carboxylic acids is 1. The predicted octanol–water partition coefficient (Wildman–Crippen LogP) is -1.44. The van der Waals surface area contributed by atoms with Crippen molar-refractivity contribution in [3.8, 4) is 0 Å². The van der Waals surface area contributed by atoms with Crippen LogP contribution in [0.15, 0.2) is 0 Å². The second-order valence-corrected chi connectivity index (χ2v) is 8.56. The Morgan fingerprint density at radius 1 is 0.879 bits per heavy atom. The summed E-state index contributed by atoms with van der Waals surface area (Å²) in [7, 11) is 0. The molecule has 4 amide bonds. The minimum Gasteiger partial charge on any atom is -0.480 e. The van der Waals surface area contributed by atoms with Crippen LogP contribution in [0, 0.1) is 11.8 Å². The summed E-state index contributed by atoms with van der Waals surface area (Å²) >= 11 is 0. The number of carbonyl (C=O) groups excluding carboxylic acids is 4. The van der Waals surface area contributed by atoms with E-state index in [2.05, 4.69) is 16.0 Å². The molecule has 0 aliphatic rings. The fourth-order valence-electron chi connectivity index (χ4n) is 3.04. The molecule has 0 aromatic rings. The summed E-state index contributed by atoms with van der Waals surface area (Å²) in [5, 5.41) is 16.7. The number of unbranched alkanes of at least 4 members (excludes halogenated alkanes) is 1. The third kappa shape index (κ3) is 11.1. The highest BCUT2D eigenvalue weighted by molar-refractivity contribution is 5.95. The monoisotopic (exact) mass is 472 g/mol. The van der Waals surface area contributed by atoms with Gasteiger partial charge in [-0.2, -0.15) is 0 Å². The van der Waals surface area contributed by atoms with E-state index in [0.717, 1.165) is 6.42 Å². The lowest BCUT2D eigenvalue weighted by Crippen LogP contribution is -2.60. The summed E-state index contributed by atoms with van der Waals surface area (Å²) in [6.45, 7) is 7.46. The van der Waals surface area contributed by atoms with E-state index in [1.807, 2.05) is 6.92 Å². The highest BCUT2D eigenvalue weighted by atomic mass is 16.4. The van der Waals surface area contributed by atoms with Crippen molar-refractivity contribution < 1.29 is 29.1 Å². The molecule has 0 radical (unpaired) electrons. The number of amides is 4. The lowest BCUT2D eigenvalue weighted by atomic mass is 9.95. The van der Waals surface area contributed by atoms with Crippen LogP contribution in [0.2, 0.25) is 0 Å². The Balaban J connectivity index is 5.41. The Bertz CT molecular complexity index is 686. The molecule has 12 nitrogen and oxygen atoms in total. The molecule has 0 aromatic carbocycles. The molecular formula is C21H40N6O6. The molecule has 0 saturated carbocycles. The minimum atomic E-state index is -1.52. The highest BCUT2D eigenvalue weighted by Gasteiger charge is 2.33. The van der Waals surface area contributed by atoms with E-state index in [4.69, 9.17) is 17.2 Å². The second kappa shape index (κ2) is 15.2. The third-order valence-corrected chi connectivity index (χ3v) is 5.37. The van der Waals surface area contributed by atoms with Crippen LogP contribution in [0.25, 0.3) is 0 Å². The SMILES string of the molecule is CCC(C)C(NC(=O)C(N)CCCCN)C(=O)NC(C(=O)NC(CC(N)=O)C(=O)O)C(C)C. The van der Waals surface area contributed by atoms with E-state index in [-0.39, 0.29) is 5.92 Å². The molecule has 0 saturated heterocycles. The van der Waals surface area contributed by atoms with Crippen LogP contribution in [0.5, 0.6) is 0 Å². The molecule has 0 aromatic heterocycles. The van der Waals surface area contributed by atoms with E-state index in [0.29, 0.717) is 25.8 Å². The molecule has 0 heterocycles. The Labute approximate surface area is 194 Å². The summed E-state index contributed by atoms with van der Waals surface area (Å²) in [5.41, 5.74) is 16.4. The summed E-state index contributed by atoms with van der Waals surface area (Å²) in [6.07, 6.45) is 1.81. The third-order valence-electron chi connectivity index (χ3n) is 5.37. The zero-order valence-corrected chi connectivity index (χ0v) is 19.9. The van der Waals surface area contributed by atoms with Gasteiger partial charge in [0.05, 0.1) is 12.5 Å². The molecule has 33 heavy (non-hydrogen) atoms. The van der Waals surface area contributed by atoms with Crippen LogP contribution in [0.4, 0.5) is 0 Å². The van der Waals surface area contributed by atoms with E-state index >= 15 is 0 Å². The molecule has 10 N–H and O–H groups in total. The van der Waals surface area contributed by atoms with Crippen LogP contribution in [-0.4, -0.2) is 65.4 Å². The number of hydrogen-bond acceptors (Lipinski definition) is 7. The van der Waals surface area contributed by atoms with Crippen molar-refractivity contribution >= 4 is 29.6 Å². The summed E-state index contributed by atoms with van der Waals surface area (Å²) in [4.78, 5) is 60.7. The van der Waals surface area contributed by atoms with Gasteiger partial charge in [0, 0.05) is 0 Å². The van der Waals surface area contributed by atoms with Crippen LogP contribution < -0.4 is 33.2 Å². The van der Waals surface area contributed by atoms with Crippen LogP contribution in [-0.2, 0) is 24.0 Å². The number of carbonyl (C=O) groups is 5. The number of hydrogen-bond donors (Lipinski definition) is 7. The predicted molar refractivity (Wildman–Crippen MR) is 122 cm³/mol. The minimum absolute atomic E-state index is 0.261. The van der Waals surface area contributed by atoms with Gasteiger partial charge >= 0.3 is 5.97 Å². The summed E-state index contributed by atoms with van der Waals surface area (Å²) in [6, 6.07) is -4.37. The summed E-state index contributed by atoms with van der Waals surface area (Å²) in [5.74, 6) is -4.85. The van der Waals surface area contributed by atoms with Crippen LogP contribution >= 0.6 is 0 Å². The highest BCUT2D eigenvalue weighted by Crippen LogP contribution is 2.11. The Morgan fingerprint density at radius 3 is 1.88 bits per heavy atom. The molecule has 0 rings (SSSR count). The topological polar surface area (TPSA) is 220 Å². The van der Waals surface area contributed by atoms with Crippen LogP contribution in [0.1, 0.15) is 59.8 Å². The molecule has 0 aliphatic carbocycles. The van der Waals surface area contributed by atoms with Gasteiger partial charge in [0.2, 0.25) is 23.6 Å². The van der Waals surface area contributed by atoms with Gasteiger partial charge < -0.3 is 38.3 Å². The second-order valence-electron chi connectivity index (χ2n) is 8.56. The van der Waals surface area contributed by atoms with Crippen molar-refractivity contribution in [1.29, 1.82) is 0 Å². The number of nitrogens with two attached hydrogens (primary N) is 3. The van der Waals surface area contributed by atoms with E-state index in [1.54, 1.807) is 20.8 Å². The van der Waals surface area contributed by atoms with Crippen molar-refractivity contribution in [2.45, 2.75) is 84.0 Å². The molecule has 5 atom stereocenters. The number of rotatable bonds is 16. The van der Waals surface area contributed by atoms with Gasteiger partial charge in [-0.1, -0.05) is 40.5 Å². The van der Waals surface area contributed by atoms with Crippen molar-refractivity contribution in [3.05, 3.63) is 0 Å². The molecule has 0 bridgehead atoms. The zero-order valence-electron chi connectivity index (χ0n) is 19.9. The van der Waals surface area contributed by atoms with E-state index < -0.39 is 66.1 Å². The van der Waals surface area contributed by atoms with Crippen molar-refractivity contribution in [2.24, 2.45) is 29.0 Å². The van der Waals surface area contributed by atoms with Gasteiger partial charge in [0.25, 0.3) is 0 Å². The maximum atomic E-state index is 13.0. The average molecular weight is 473 g/mol. The largest absolute Gasteiger partial charge is 0.480 e. The Hall–Kier alpha value is -2.73. The van der Waals surface area contributed by atoms with Gasteiger partial charge in [0.15, 0.2) is 0 Å². The van der Waals surface area contributed by atoms with Crippen molar-refractivity contribution in [3.63, 3.8) is 0 Å². The lowest BCUT2D eigenvalue weighted by molar-refractivity contribution is -0.144. The summed E-state index contributed by atoms with van der Waals surface area (Å²) < 4.78 is 0. The number of carboxylic acids is 1. The first-order chi connectivity index (χ1) is 15.3.